The normalized spacial score (nSPS) is 45.1. The summed E-state index contributed by atoms with van der Waals surface area (Å²) < 4.78 is 38.3. The molecule has 0 saturated heterocycles. The van der Waals surface area contributed by atoms with Crippen molar-refractivity contribution in [2.24, 2.45) is 52.3 Å². The van der Waals surface area contributed by atoms with Crippen molar-refractivity contribution >= 4 is 10.4 Å². The van der Waals surface area contributed by atoms with Crippen molar-refractivity contribution in [1.29, 1.82) is 0 Å². The van der Waals surface area contributed by atoms with Gasteiger partial charge in [-0.05, 0) is 104 Å². The Balaban J connectivity index is 0.00000324. The van der Waals surface area contributed by atoms with E-state index in [1.807, 2.05) is 0 Å². The van der Waals surface area contributed by atoms with Crippen LogP contribution < -0.4 is 29.6 Å². The van der Waals surface area contributed by atoms with Gasteiger partial charge < -0.3 is 9.66 Å². The molecule has 0 spiro atoms. The van der Waals surface area contributed by atoms with Crippen molar-refractivity contribution in [3.63, 3.8) is 0 Å². The van der Waals surface area contributed by atoms with Crippen LogP contribution in [0.25, 0.3) is 0 Å². The molecule has 0 aromatic carbocycles. The van der Waals surface area contributed by atoms with Crippen LogP contribution in [0.5, 0.6) is 0 Å². The molecular formula is C27H47NaO5S. The summed E-state index contributed by atoms with van der Waals surface area (Å²) in [5, 5.41) is 10.8. The van der Waals surface area contributed by atoms with Gasteiger partial charge in [0.15, 0.2) is 0 Å². The second-order valence-electron chi connectivity index (χ2n) is 13.2. The second kappa shape index (κ2) is 10.9. The summed E-state index contributed by atoms with van der Waals surface area (Å²) in [6.07, 6.45) is 10.8. The first-order chi connectivity index (χ1) is 15.3. The van der Waals surface area contributed by atoms with E-state index in [2.05, 4.69) is 34.6 Å². The molecule has 0 aromatic rings. The van der Waals surface area contributed by atoms with E-state index in [4.69, 9.17) is 4.18 Å². The number of hydrogen-bond donors (Lipinski definition) is 1. The number of hydrogen-bond acceptors (Lipinski definition) is 5. The SMILES string of the molecule is CC(C)CCC[C@@H](C)[C@H]1CC[C@H]2[C@@H]3CC[C@H]4C[C@H](OS(=O)(=O)[O-])[C@@H](O)C[C@]4(C)[C@H]3CC[C@]12C.[Na+]. The van der Waals surface area contributed by atoms with E-state index in [-0.39, 0.29) is 35.0 Å². The van der Waals surface area contributed by atoms with Gasteiger partial charge in [0.25, 0.3) is 0 Å². The third-order valence-electron chi connectivity index (χ3n) is 11.1. The summed E-state index contributed by atoms with van der Waals surface area (Å²) in [5.41, 5.74) is 0.453. The Morgan fingerprint density at radius 3 is 2.32 bits per heavy atom. The van der Waals surface area contributed by atoms with Gasteiger partial charge in [0.2, 0.25) is 10.4 Å². The number of fused-ring (bicyclic) bond motifs is 5. The van der Waals surface area contributed by atoms with Gasteiger partial charge in [-0.2, -0.15) is 0 Å². The van der Waals surface area contributed by atoms with Crippen molar-refractivity contribution in [3.8, 4) is 0 Å². The van der Waals surface area contributed by atoms with E-state index in [0.29, 0.717) is 36.0 Å². The van der Waals surface area contributed by atoms with Crippen LogP contribution in [0.15, 0.2) is 0 Å². The quantitative estimate of drug-likeness (QED) is 0.326. The molecule has 0 aliphatic heterocycles. The van der Waals surface area contributed by atoms with Crippen LogP contribution in [0.4, 0.5) is 0 Å². The van der Waals surface area contributed by atoms with Gasteiger partial charge in [-0.25, -0.2) is 8.42 Å². The summed E-state index contributed by atoms with van der Waals surface area (Å²) in [7, 11) is -4.79. The average molecular weight is 507 g/mol. The van der Waals surface area contributed by atoms with Crippen LogP contribution in [0, 0.1) is 52.3 Å². The molecule has 0 bridgehead atoms. The maximum Gasteiger partial charge on any atom is 1.00 e. The van der Waals surface area contributed by atoms with Crippen molar-refractivity contribution in [1.82, 2.24) is 0 Å². The topological polar surface area (TPSA) is 86.7 Å². The van der Waals surface area contributed by atoms with E-state index in [9.17, 15) is 18.1 Å². The zero-order valence-electron chi connectivity index (χ0n) is 22.5. The third-order valence-corrected chi connectivity index (χ3v) is 11.6. The summed E-state index contributed by atoms with van der Waals surface area (Å²) in [6, 6.07) is 0. The van der Waals surface area contributed by atoms with Crippen molar-refractivity contribution in [3.05, 3.63) is 0 Å². The molecule has 0 heterocycles. The third kappa shape index (κ3) is 5.63. The molecule has 4 fully saturated rings. The minimum Gasteiger partial charge on any atom is -0.726 e. The Kier molecular flexibility index (Phi) is 9.42. The molecule has 4 aliphatic rings. The number of rotatable bonds is 7. The molecule has 4 aliphatic carbocycles. The fourth-order valence-corrected chi connectivity index (χ4v) is 10.0. The van der Waals surface area contributed by atoms with Crippen molar-refractivity contribution < 1.29 is 51.8 Å². The van der Waals surface area contributed by atoms with E-state index >= 15 is 0 Å². The van der Waals surface area contributed by atoms with E-state index in [1.165, 1.54) is 51.4 Å². The van der Waals surface area contributed by atoms with Crippen LogP contribution in [-0.2, 0) is 14.6 Å². The molecule has 4 saturated carbocycles. The summed E-state index contributed by atoms with van der Waals surface area (Å²) in [5.74, 6) is 4.82. The molecule has 0 radical (unpaired) electrons. The number of aliphatic hydroxyl groups is 1. The van der Waals surface area contributed by atoms with Gasteiger partial charge in [0.05, 0.1) is 6.10 Å². The number of aliphatic hydroxyl groups excluding tert-OH is 1. The van der Waals surface area contributed by atoms with Gasteiger partial charge in [0, 0.05) is 0 Å². The molecule has 1 N–H and O–H groups in total. The van der Waals surface area contributed by atoms with Crippen molar-refractivity contribution in [2.75, 3.05) is 0 Å². The summed E-state index contributed by atoms with van der Waals surface area (Å²) >= 11 is 0. The average Bonchev–Trinajstić information content (AvgIpc) is 3.04. The standard InChI is InChI=1S/C27H48O5S.Na/c1-17(2)7-6-8-18(3)21-11-12-22-20-10-9-19-15-25(32-33(29,30)31)24(28)16-27(19,5)23(20)13-14-26(21,22)4;/h17-25,28H,6-16H2,1-5H3,(H,29,30,31);/q;+1/p-1/t18-,19+,20+,21-,22+,23+,24+,25+,26-,27+;/m1./s1. The molecule has 34 heavy (non-hydrogen) atoms. The Morgan fingerprint density at radius 1 is 1.00 bits per heavy atom. The van der Waals surface area contributed by atoms with Gasteiger partial charge in [-0.15, -0.1) is 0 Å². The van der Waals surface area contributed by atoms with Gasteiger partial charge in [0.1, 0.15) is 6.10 Å². The smallest absolute Gasteiger partial charge is 0.726 e. The van der Waals surface area contributed by atoms with E-state index < -0.39 is 22.6 Å². The molecule has 10 atom stereocenters. The molecule has 5 nitrogen and oxygen atoms in total. The van der Waals surface area contributed by atoms with Crippen LogP contribution >= 0.6 is 0 Å². The van der Waals surface area contributed by atoms with E-state index in [1.54, 1.807) is 0 Å². The summed E-state index contributed by atoms with van der Waals surface area (Å²) in [4.78, 5) is 0. The molecule has 0 aromatic heterocycles. The Hall–Kier alpha value is 0.830. The van der Waals surface area contributed by atoms with E-state index in [0.717, 1.165) is 30.1 Å². The van der Waals surface area contributed by atoms with Crippen LogP contribution in [-0.4, -0.2) is 30.3 Å². The minimum atomic E-state index is -4.79. The zero-order chi connectivity index (χ0) is 24.2. The molecule has 7 heteroatoms. The maximum absolute atomic E-state index is 11.2. The predicted octanol–water partition coefficient (Wildman–Crippen LogP) is 2.93. The molecule has 0 amide bonds. The molecule has 0 unspecified atom stereocenters. The van der Waals surface area contributed by atoms with Crippen LogP contribution in [0.2, 0.25) is 0 Å². The predicted molar refractivity (Wildman–Crippen MR) is 129 cm³/mol. The second-order valence-corrected chi connectivity index (χ2v) is 14.2. The largest absolute Gasteiger partial charge is 1.00 e. The Labute approximate surface area is 230 Å². The summed E-state index contributed by atoms with van der Waals surface area (Å²) in [6.45, 7) is 12.1. The van der Waals surface area contributed by atoms with Crippen LogP contribution in [0.1, 0.15) is 105 Å². The zero-order valence-corrected chi connectivity index (χ0v) is 25.3. The fraction of sp³-hybridized carbons (Fsp3) is 1.00. The Bertz CT molecular complexity index is 803. The van der Waals surface area contributed by atoms with Gasteiger partial charge in [-0.1, -0.05) is 53.9 Å². The first-order valence-corrected chi connectivity index (χ1v) is 15.0. The maximum atomic E-state index is 11.2. The molecular weight excluding hydrogens is 459 g/mol. The van der Waals surface area contributed by atoms with Gasteiger partial charge >= 0.3 is 29.6 Å². The van der Waals surface area contributed by atoms with Crippen molar-refractivity contribution in [2.45, 2.75) is 117 Å². The monoisotopic (exact) mass is 506 g/mol. The fourth-order valence-electron chi connectivity index (χ4n) is 9.54. The van der Waals surface area contributed by atoms with Crippen LogP contribution in [0.3, 0.4) is 0 Å². The minimum absolute atomic E-state index is 0. The van der Waals surface area contributed by atoms with Gasteiger partial charge in [-0.3, -0.25) is 4.18 Å². The Morgan fingerprint density at radius 2 is 1.68 bits per heavy atom. The first kappa shape index (κ1) is 29.4. The first-order valence-electron chi connectivity index (χ1n) is 13.7. The molecule has 192 valence electrons. The molecule has 4 rings (SSSR count).